The van der Waals surface area contributed by atoms with Crippen LogP contribution in [0.1, 0.15) is 15.9 Å². The zero-order valence-electron chi connectivity index (χ0n) is 9.12. The number of H-pyrrole nitrogens is 1. The summed E-state index contributed by atoms with van der Waals surface area (Å²) in [6.07, 6.45) is 1.39. The van der Waals surface area contributed by atoms with Crippen molar-refractivity contribution in [1.29, 1.82) is 0 Å². The highest BCUT2D eigenvalue weighted by Gasteiger charge is 2.10. The van der Waals surface area contributed by atoms with Gasteiger partial charge in [-0.05, 0) is 30.7 Å². The summed E-state index contributed by atoms with van der Waals surface area (Å²) < 4.78 is 13.0. The minimum absolute atomic E-state index is 0.331. The Labute approximate surface area is 96.8 Å². The van der Waals surface area contributed by atoms with Crippen LogP contribution in [0.15, 0.2) is 24.4 Å². The van der Waals surface area contributed by atoms with E-state index in [1.807, 2.05) is 0 Å². The van der Waals surface area contributed by atoms with Crippen molar-refractivity contribution in [3.05, 3.63) is 41.3 Å². The number of hydrogen-bond donors (Lipinski definition) is 3. The van der Waals surface area contributed by atoms with E-state index in [2.05, 4.69) is 15.5 Å². The molecule has 1 amide bonds. The van der Waals surface area contributed by atoms with Crippen molar-refractivity contribution in [2.75, 3.05) is 11.1 Å². The van der Waals surface area contributed by atoms with E-state index in [0.29, 0.717) is 22.6 Å². The lowest BCUT2D eigenvalue weighted by molar-refractivity contribution is 0.102. The first-order valence-electron chi connectivity index (χ1n) is 4.94. The molecule has 2 rings (SSSR count). The number of halogens is 1. The number of nitrogen functional groups attached to an aromatic ring is 1. The van der Waals surface area contributed by atoms with Crippen molar-refractivity contribution >= 4 is 17.4 Å². The fourth-order valence-electron chi connectivity index (χ4n) is 1.37. The maximum Gasteiger partial charge on any atom is 0.256 e. The smallest absolute Gasteiger partial charge is 0.256 e. The third-order valence-electron chi connectivity index (χ3n) is 2.33. The van der Waals surface area contributed by atoms with E-state index in [-0.39, 0.29) is 11.7 Å². The molecule has 0 saturated heterocycles. The summed E-state index contributed by atoms with van der Waals surface area (Å²) in [7, 11) is 0. The number of amides is 1. The normalized spacial score (nSPS) is 10.2. The minimum Gasteiger partial charge on any atom is -0.394 e. The van der Waals surface area contributed by atoms with Gasteiger partial charge in [0, 0.05) is 5.56 Å². The van der Waals surface area contributed by atoms with E-state index in [1.165, 1.54) is 24.4 Å². The molecule has 1 heterocycles. The minimum atomic E-state index is -0.371. The van der Waals surface area contributed by atoms with Crippen molar-refractivity contribution in [1.82, 2.24) is 10.2 Å². The van der Waals surface area contributed by atoms with Crippen molar-refractivity contribution in [3.8, 4) is 0 Å². The molecule has 0 fully saturated rings. The first kappa shape index (κ1) is 11.1. The molecule has 1 aromatic carbocycles. The van der Waals surface area contributed by atoms with E-state index in [1.54, 1.807) is 6.92 Å². The van der Waals surface area contributed by atoms with E-state index >= 15 is 0 Å². The average molecular weight is 234 g/mol. The lowest BCUT2D eigenvalue weighted by atomic mass is 10.1. The summed E-state index contributed by atoms with van der Waals surface area (Å²) in [5.41, 5.74) is 6.67. The Morgan fingerprint density at radius 3 is 2.88 bits per heavy atom. The molecule has 0 aliphatic rings. The Bertz CT molecular complexity index is 564. The predicted molar refractivity (Wildman–Crippen MR) is 62.1 cm³/mol. The van der Waals surface area contributed by atoms with Crippen LogP contribution in [0.4, 0.5) is 15.9 Å². The molecule has 6 heteroatoms. The number of aryl methyl sites for hydroxylation is 1. The van der Waals surface area contributed by atoms with Gasteiger partial charge in [0.25, 0.3) is 5.91 Å². The molecule has 0 aliphatic heterocycles. The molecule has 2 aromatic rings. The molecular formula is C11H11FN4O. The summed E-state index contributed by atoms with van der Waals surface area (Å²) in [5.74, 6) is -0.386. The summed E-state index contributed by atoms with van der Waals surface area (Å²) >= 11 is 0. The Balaban J connectivity index is 2.20. The summed E-state index contributed by atoms with van der Waals surface area (Å²) in [6.45, 7) is 1.59. The van der Waals surface area contributed by atoms with E-state index in [4.69, 9.17) is 5.73 Å². The van der Waals surface area contributed by atoms with Crippen molar-refractivity contribution in [2.45, 2.75) is 6.92 Å². The highest BCUT2D eigenvalue weighted by molar-refractivity contribution is 6.05. The molecule has 88 valence electrons. The number of nitrogens with zero attached hydrogens (tertiary/aromatic N) is 1. The van der Waals surface area contributed by atoms with Crippen LogP contribution in [-0.4, -0.2) is 16.1 Å². The zero-order chi connectivity index (χ0) is 12.4. The molecule has 1 aromatic heterocycles. The monoisotopic (exact) mass is 234 g/mol. The maximum atomic E-state index is 13.0. The van der Waals surface area contributed by atoms with Crippen LogP contribution in [0.5, 0.6) is 0 Å². The first-order valence-corrected chi connectivity index (χ1v) is 4.94. The van der Waals surface area contributed by atoms with E-state index in [9.17, 15) is 9.18 Å². The van der Waals surface area contributed by atoms with E-state index in [0.717, 1.165) is 0 Å². The summed E-state index contributed by atoms with van der Waals surface area (Å²) in [5, 5.41) is 8.78. The van der Waals surface area contributed by atoms with Gasteiger partial charge in [0.1, 0.15) is 5.82 Å². The Morgan fingerprint density at radius 2 is 2.29 bits per heavy atom. The molecule has 0 bridgehead atoms. The van der Waals surface area contributed by atoms with Gasteiger partial charge in [-0.15, -0.1) is 0 Å². The van der Waals surface area contributed by atoms with Gasteiger partial charge in [0.2, 0.25) is 0 Å². The highest BCUT2D eigenvalue weighted by Crippen LogP contribution is 2.15. The molecule has 17 heavy (non-hydrogen) atoms. The standard InChI is InChI=1S/C11H11FN4O/c1-6-4-7(2-3-8(6)12)11(17)15-10-9(13)5-14-16-10/h2-5H,13H2,1H3,(H2,14,15,16,17). The SMILES string of the molecule is Cc1cc(C(=O)Nc2[nH]ncc2N)ccc1F. The number of rotatable bonds is 2. The molecule has 0 spiro atoms. The molecule has 4 N–H and O–H groups in total. The molecular weight excluding hydrogens is 223 g/mol. The number of benzene rings is 1. The van der Waals surface area contributed by atoms with Gasteiger partial charge >= 0.3 is 0 Å². The van der Waals surface area contributed by atoms with Gasteiger partial charge < -0.3 is 11.1 Å². The fourth-order valence-corrected chi connectivity index (χ4v) is 1.37. The van der Waals surface area contributed by atoms with Gasteiger partial charge in [-0.2, -0.15) is 5.10 Å². The molecule has 0 aliphatic carbocycles. The third-order valence-corrected chi connectivity index (χ3v) is 2.33. The molecule has 5 nitrogen and oxygen atoms in total. The second-order valence-electron chi connectivity index (χ2n) is 3.62. The van der Waals surface area contributed by atoms with Crippen molar-refractivity contribution in [3.63, 3.8) is 0 Å². The predicted octanol–water partition coefficient (Wildman–Crippen LogP) is 1.69. The highest BCUT2D eigenvalue weighted by atomic mass is 19.1. The van der Waals surface area contributed by atoms with Crippen LogP contribution < -0.4 is 11.1 Å². The number of carbonyl (C=O) groups is 1. The third kappa shape index (κ3) is 2.25. The van der Waals surface area contributed by atoms with Gasteiger partial charge in [-0.25, -0.2) is 4.39 Å². The number of nitrogens with two attached hydrogens (primary N) is 1. The average Bonchev–Trinajstić information content (AvgIpc) is 2.68. The number of aromatic nitrogens is 2. The number of anilines is 2. The van der Waals surface area contributed by atoms with Crippen molar-refractivity contribution in [2.24, 2.45) is 0 Å². The van der Waals surface area contributed by atoms with Gasteiger partial charge in [-0.3, -0.25) is 9.89 Å². The topological polar surface area (TPSA) is 83.8 Å². The van der Waals surface area contributed by atoms with Crippen LogP contribution in [0, 0.1) is 12.7 Å². The molecule has 0 radical (unpaired) electrons. The maximum absolute atomic E-state index is 13.0. The molecule has 0 atom stereocenters. The summed E-state index contributed by atoms with van der Waals surface area (Å²) in [6, 6.07) is 4.13. The van der Waals surface area contributed by atoms with Gasteiger partial charge in [0.15, 0.2) is 5.82 Å². The Kier molecular flexibility index (Phi) is 2.78. The molecule has 0 unspecified atom stereocenters. The van der Waals surface area contributed by atoms with Crippen LogP contribution >= 0.6 is 0 Å². The lowest BCUT2D eigenvalue weighted by Gasteiger charge is -2.04. The number of aromatic amines is 1. The van der Waals surface area contributed by atoms with Gasteiger partial charge in [0.05, 0.1) is 11.9 Å². The van der Waals surface area contributed by atoms with Crippen LogP contribution in [0.2, 0.25) is 0 Å². The van der Waals surface area contributed by atoms with E-state index < -0.39 is 0 Å². The largest absolute Gasteiger partial charge is 0.394 e. The van der Waals surface area contributed by atoms with Crippen molar-refractivity contribution < 1.29 is 9.18 Å². The quantitative estimate of drug-likeness (QED) is 0.739. The number of nitrogens with one attached hydrogen (secondary N) is 2. The first-order chi connectivity index (χ1) is 8.08. The van der Waals surface area contributed by atoms with Crippen LogP contribution in [-0.2, 0) is 0 Å². The van der Waals surface area contributed by atoms with Gasteiger partial charge in [-0.1, -0.05) is 0 Å². The summed E-state index contributed by atoms with van der Waals surface area (Å²) in [4.78, 5) is 11.8. The Morgan fingerprint density at radius 1 is 1.53 bits per heavy atom. The second kappa shape index (κ2) is 4.25. The molecule has 0 saturated carbocycles. The fraction of sp³-hybridized carbons (Fsp3) is 0.0909. The zero-order valence-corrected chi connectivity index (χ0v) is 9.12. The van der Waals surface area contributed by atoms with Crippen LogP contribution in [0.3, 0.4) is 0 Å². The number of carbonyl (C=O) groups excluding carboxylic acids is 1. The Hall–Kier alpha value is -2.37. The van der Waals surface area contributed by atoms with Crippen LogP contribution in [0.25, 0.3) is 0 Å². The second-order valence-corrected chi connectivity index (χ2v) is 3.62. The lowest BCUT2D eigenvalue weighted by Crippen LogP contribution is -2.13. The number of hydrogen-bond acceptors (Lipinski definition) is 3.